The molecular formula is C19H16FNO4. The van der Waals surface area contributed by atoms with E-state index in [1.807, 2.05) is 0 Å². The molecule has 6 heteroatoms. The van der Waals surface area contributed by atoms with Gasteiger partial charge < -0.3 is 9.64 Å². The Morgan fingerprint density at radius 2 is 1.76 bits per heavy atom. The molecular weight excluding hydrogens is 325 g/mol. The molecule has 1 heterocycles. The van der Waals surface area contributed by atoms with Gasteiger partial charge >= 0.3 is 5.97 Å². The number of halogens is 1. The highest BCUT2D eigenvalue weighted by Gasteiger charge is 2.36. The van der Waals surface area contributed by atoms with E-state index in [1.165, 1.54) is 29.2 Å². The van der Waals surface area contributed by atoms with Crippen LogP contribution in [0.1, 0.15) is 16.8 Å². The molecule has 0 radical (unpaired) electrons. The number of esters is 1. The number of nitrogens with zero attached hydrogens (tertiary/aromatic N) is 1. The Morgan fingerprint density at radius 1 is 1.08 bits per heavy atom. The summed E-state index contributed by atoms with van der Waals surface area (Å²) in [5.41, 5.74) is 0.993. The molecule has 0 N–H and O–H groups in total. The number of Topliss-reactive ketones (excluding diaryl/α,β-unsaturated/α-hetero) is 1. The smallest absolute Gasteiger partial charge is 0.311 e. The minimum absolute atomic E-state index is 0.00966. The van der Waals surface area contributed by atoms with Crippen molar-refractivity contribution >= 4 is 23.3 Å². The fraction of sp³-hybridized carbons (Fsp3) is 0.211. The highest BCUT2D eigenvalue weighted by Crippen LogP contribution is 2.26. The SMILES string of the molecule is O=C(COC(=O)C1CC(=O)N(c2ccc(F)cc2)C1)c1ccccc1. The standard InChI is InChI=1S/C19H16FNO4/c20-15-6-8-16(9-7-15)21-11-14(10-18(21)23)19(24)25-12-17(22)13-4-2-1-3-5-13/h1-9,14H,10-12H2. The molecule has 1 aliphatic rings. The lowest BCUT2D eigenvalue weighted by atomic mass is 10.1. The summed E-state index contributed by atoms with van der Waals surface area (Å²) in [6.07, 6.45) is 0.00966. The Hall–Kier alpha value is -3.02. The second-order valence-electron chi connectivity index (χ2n) is 5.78. The fourth-order valence-electron chi connectivity index (χ4n) is 2.70. The van der Waals surface area contributed by atoms with Crippen LogP contribution in [0, 0.1) is 11.7 Å². The first kappa shape index (κ1) is 16.8. The van der Waals surface area contributed by atoms with Crippen LogP contribution in [0.25, 0.3) is 0 Å². The van der Waals surface area contributed by atoms with Crippen molar-refractivity contribution in [2.75, 3.05) is 18.1 Å². The Labute approximate surface area is 144 Å². The van der Waals surface area contributed by atoms with Gasteiger partial charge in [-0.3, -0.25) is 14.4 Å². The molecule has 0 saturated carbocycles. The van der Waals surface area contributed by atoms with Crippen molar-refractivity contribution in [2.24, 2.45) is 5.92 Å². The fourth-order valence-corrected chi connectivity index (χ4v) is 2.70. The van der Waals surface area contributed by atoms with Crippen LogP contribution in [-0.2, 0) is 14.3 Å². The molecule has 0 aliphatic carbocycles. The summed E-state index contributed by atoms with van der Waals surface area (Å²) in [7, 11) is 0. The number of hydrogen-bond acceptors (Lipinski definition) is 4. The molecule has 2 aromatic carbocycles. The van der Waals surface area contributed by atoms with E-state index in [0.29, 0.717) is 11.3 Å². The number of benzene rings is 2. The summed E-state index contributed by atoms with van der Waals surface area (Å²) in [4.78, 5) is 37.6. The molecule has 0 aromatic heterocycles. The van der Waals surface area contributed by atoms with Crippen molar-refractivity contribution in [1.29, 1.82) is 0 Å². The molecule has 1 amide bonds. The minimum atomic E-state index is -0.638. The number of hydrogen-bond donors (Lipinski definition) is 0. The maximum Gasteiger partial charge on any atom is 0.311 e. The Balaban J connectivity index is 1.57. The zero-order chi connectivity index (χ0) is 17.8. The van der Waals surface area contributed by atoms with Gasteiger partial charge in [-0.05, 0) is 24.3 Å². The van der Waals surface area contributed by atoms with E-state index >= 15 is 0 Å². The number of anilines is 1. The first-order valence-corrected chi connectivity index (χ1v) is 7.85. The average molecular weight is 341 g/mol. The van der Waals surface area contributed by atoms with Crippen LogP contribution >= 0.6 is 0 Å². The molecule has 0 bridgehead atoms. The third kappa shape index (κ3) is 3.91. The van der Waals surface area contributed by atoms with Crippen molar-refractivity contribution in [2.45, 2.75) is 6.42 Å². The zero-order valence-corrected chi connectivity index (χ0v) is 13.4. The molecule has 2 aromatic rings. The third-order valence-electron chi connectivity index (χ3n) is 4.04. The van der Waals surface area contributed by atoms with Gasteiger partial charge in [-0.15, -0.1) is 0 Å². The predicted octanol–water partition coefficient (Wildman–Crippen LogP) is 2.60. The lowest BCUT2D eigenvalue weighted by molar-refractivity contribution is -0.147. The zero-order valence-electron chi connectivity index (χ0n) is 13.4. The summed E-state index contributed by atoms with van der Waals surface area (Å²) in [5.74, 6) is -2.15. The Bertz CT molecular complexity index is 789. The molecule has 1 fully saturated rings. The summed E-state index contributed by atoms with van der Waals surface area (Å²) in [6.45, 7) is -0.201. The maximum absolute atomic E-state index is 13.0. The van der Waals surface area contributed by atoms with Crippen LogP contribution in [0.2, 0.25) is 0 Å². The summed E-state index contributed by atoms with van der Waals surface area (Å²) < 4.78 is 18.0. The number of carbonyl (C=O) groups is 3. The van der Waals surface area contributed by atoms with Crippen LogP contribution < -0.4 is 4.90 Å². The molecule has 128 valence electrons. The molecule has 1 aliphatic heterocycles. The summed E-state index contributed by atoms with van der Waals surface area (Å²) in [5, 5.41) is 0. The van der Waals surface area contributed by atoms with Crippen molar-refractivity contribution in [3.63, 3.8) is 0 Å². The summed E-state index contributed by atoms with van der Waals surface area (Å²) >= 11 is 0. The molecule has 5 nitrogen and oxygen atoms in total. The van der Waals surface area contributed by atoms with Crippen molar-refractivity contribution in [3.8, 4) is 0 Å². The van der Waals surface area contributed by atoms with Gasteiger partial charge in [-0.25, -0.2) is 4.39 Å². The second-order valence-corrected chi connectivity index (χ2v) is 5.78. The van der Waals surface area contributed by atoms with Crippen molar-refractivity contribution in [1.82, 2.24) is 0 Å². The van der Waals surface area contributed by atoms with Crippen LogP contribution in [0.4, 0.5) is 10.1 Å². The topological polar surface area (TPSA) is 63.7 Å². The van der Waals surface area contributed by atoms with Gasteiger partial charge in [0.15, 0.2) is 12.4 Å². The first-order chi connectivity index (χ1) is 12.0. The van der Waals surface area contributed by atoms with Crippen LogP contribution in [0.15, 0.2) is 54.6 Å². The van der Waals surface area contributed by atoms with E-state index in [0.717, 1.165) is 0 Å². The van der Waals surface area contributed by atoms with Gasteiger partial charge in [0.1, 0.15) is 5.82 Å². The van der Waals surface area contributed by atoms with Crippen LogP contribution in [0.3, 0.4) is 0 Å². The minimum Gasteiger partial charge on any atom is -0.457 e. The first-order valence-electron chi connectivity index (χ1n) is 7.85. The number of rotatable bonds is 5. The van der Waals surface area contributed by atoms with Crippen LogP contribution in [0.5, 0.6) is 0 Å². The monoisotopic (exact) mass is 341 g/mol. The third-order valence-corrected chi connectivity index (χ3v) is 4.04. The molecule has 1 unspecified atom stereocenters. The largest absolute Gasteiger partial charge is 0.457 e. The van der Waals surface area contributed by atoms with Gasteiger partial charge in [-0.2, -0.15) is 0 Å². The number of carbonyl (C=O) groups excluding carboxylic acids is 3. The second kappa shape index (κ2) is 7.25. The van der Waals surface area contributed by atoms with Gasteiger partial charge in [0, 0.05) is 24.2 Å². The number of ether oxygens (including phenoxy) is 1. The molecule has 1 atom stereocenters. The van der Waals surface area contributed by atoms with Crippen LogP contribution in [-0.4, -0.2) is 30.8 Å². The molecule has 3 rings (SSSR count). The molecule has 1 saturated heterocycles. The van der Waals surface area contributed by atoms with E-state index < -0.39 is 17.7 Å². The van der Waals surface area contributed by atoms with E-state index in [4.69, 9.17) is 4.74 Å². The Morgan fingerprint density at radius 3 is 2.44 bits per heavy atom. The van der Waals surface area contributed by atoms with Crippen molar-refractivity contribution < 1.29 is 23.5 Å². The average Bonchev–Trinajstić information content (AvgIpc) is 3.02. The van der Waals surface area contributed by atoms with E-state index in [-0.39, 0.29) is 31.3 Å². The summed E-state index contributed by atoms with van der Waals surface area (Å²) in [6, 6.07) is 14.0. The lowest BCUT2D eigenvalue weighted by Crippen LogP contribution is -2.27. The maximum atomic E-state index is 13.0. The van der Waals surface area contributed by atoms with E-state index in [1.54, 1.807) is 30.3 Å². The molecule has 25 heavy (non-hydrogen) atoms. The number of amides is 1. The normalized spacial score (nSPS) is 16.8. The number of ketones is 1. The quantitative estimate of drug-likeness (QED) is 0.619. The van der Waals surface area contributed by atoms with Crippen molar-refractivity contribution in [3.05, 3.63) is 66.0 Å². The van der Waals surface area contributed by atoms with E-state index in [2.05, 4.69) is 0 Å². The van der Waals surface area contributed by atoms with Gasteiger partial charge in [-0.1, -0.05) is 30.3 Å². The van der Waals surface area contributed by atoms with E-state index in [9.17, 15) is 18.8 Å². The highest BCUT2D eigenvalue weighted by molar-refractivity contribution is 6.00. The van der Waals surface area contributed by atoms with Gasteiger partial charge in [0.05, 0.1) is 5.92 Å². The highest BCUT2D eigenvalue weighted by atomic mass is 19.1. The van der Waals surface area contributed by atoms with Gasteiger partial charge in [0.25, 0.3) is 0 Å². The lowest BCUT2D eigenvalue weighted by Gasteiger charge is -2.16. The predicted molar refractivity (Wildman–Crippen MR) is 88.6 cm³/mol. The Kier molecular flexibility index (Phi) is 4.88. The molecule has 0 spiro atoms. The van der Waals surface area contributed by atoms with Gasteiger partial charge in [0.2, 0.25) is 5.91 Å².